The van der Waals surface area contributed by atoms with Crippen molar-refractivity contribution in [1.82, 2.24) is 30.5 Å². The lowest BCUT2D eigenvalue weighted by Crippen LogP contribution is -2.39. The molecule has 3 heterocycles. The lowest BCUT2D eigenvalue weighted by molar-refractivity contribution is 0.0703. The minimum absolute atomic E-state index is 0.00353. The van der Waals surface area contributed by atoms with Gasteiger partial charge in [0.25, 0.3) is 5.91 Å². The third-order valence-electron chi connectivity index (χ3n) is 4.42. The molecule has 1 aromatic carbocycles. The van der Waals surface area contributed by atoms with Crippen molar-refractivity contribution in [2.75, 3.05) is 13.1 Å². The number of H-pyrrole nitrogens is 1. The van der Waals surface area contributed by atoms with Crippen LogP contribution < -0.4 is 0 Å². The van der Waals surface area contributed by atoms with Gasteiger partial charge in [-0.3, -0.25) is 4.79 Å². The highest BCUT2D eigenvalue weighted by molar-refractivity contribution is 5.97. The molecule has 4 rings (SSSR count). The Morgan fingerprint density at radius 1 is 1.38 bits per heavy atom. The molecule has 1 N–H and O–H groups in total. The summed E-state index contributed by atoms with van der Waals surface area (Å²) in [7, 11) is 0. The van der Waals surface area contributed by atoms with Crippen LogP contribution in [0.2, 0.25) is 0 Å². The molecule has 1 fully saturated rings. The van der Waals surface area contributed by atoms with E-state index in [1.54, 1.807) is 18.2 Å². The average Bonchev–Trinajstić information content (AvgIpc) is 3.29. The topological polar surface area (TPSA) is 101 Å². The van der Waals surface area contributed by atoms with Crippen LogP contribution in [-0.2, 0) is 6.42 Å². The molecule has 0 aliphatic carbocycles. The average molecular weight is 326 g/mol. The maximum absolute atomic E-state index is 12.8. The Balaban J connectivity index is 1.53. The molecule has 1 aliphatic heterocycles. The number of carbonyl (C=O) groups is 1. The normalized spacial score (nSPS) is 18.2. The zero-order chi connectivity index (χ0) is 16.5. The summed E-state index contributed by atoms with van der Waals surface area (Å²) in [6.45, 7) is 3.33. The quantitative estimate of drug-likeness (QED) is 0.789. The monoisotopic (exact) mass is 326 g/mol. The van der Waals surface area contributed by atoms with Gasteiger partial charge in [-0.15, -0.1) is 0 Å². The second kappa shape index (κ2) is 6.03. The van der Waals surface area contributed by atoms with E-state index in [0.29, 0.717) is 29.3 Å². The van der Waals surface area contributed by atoms with Crippen LogP contribution in [0.4, 0.5) is 0 Å². The first-order chi connectivity index (χ1) is 11.7. The first kappa shape index (κ1) is 14.8. The minimum Gasteiger partial charge on any atom is -0.339 e. The molecule has 0 bridgehead atoms. The molecule has 1 aliphatic rings. The van der Waals surface area contributed by atoms with Crippen molar-refractivity contribution in [2.24, 2.45) is 0 Å². The molecule has 24 heavy (non-hydrogen) atoms. The molecule has 0 spiro atoms. The zero-order valence-electron chi connectivity index (χ0n) is 13.4. The van der Waals surface area contributed by atoms with Crippen LogP contribution in [0.15, 0.2) is 22.7 Å². The minimum atomic E-state index is 0.00353. The summed E-state index contributed by atoms with van der Waals surface area (Å²) in [5, 5.41) is 14.7. The van der Waals surface area contributed by atoms with Crippen LogP contribution in [0.5, 0.6) is 0 Å². The Morgan fingerprint density at radius 3 is 3.08 bits per heavy atom. The predicted molar refractivity (Wildman–Crippen MR) is 85.4 cm³/mol. The van der Waals surface area contributed by atoms with E-state index in [9.17, 15) is 4.79 Å². The Kier molecular flexibility index (Phi) is 3.72. The van der Waals surface area contributed by atoms with Crippen LogP contribution in [0.3, 0.4) is 0 Å². The van der Waals surface area contributed by atoms with E-state index < -0.39 is 0 Å². The Hall–Kier alpha value is -2.77. The smallest absolute Gasteiger partial charge is 0.253 e. The van der Waals surface area contributed by atoms with Crippen molar-refractivity contribution in [2.45, 2.75) is 32.1 Å². The Bertz CT molecular complexity index is 870. The lowest BCUT2D eigenvalue weighted by atomic mass is 9.96. The van der Waals surface area contributed by atoms with Crippen LogP contribution in [0.1, 0.15) is 47.8 Å². The highest BCUT2D eigenvalue weighted by atomic mass is 16.5. The van der Waals surface area contributed by atoms with Crippen molar-refractivity contribution < 1.29 is 9.32 Å². The number of rotatable bonds is 3. The summed E-state index contributed by atoms with van der Waals surface area (Å²) >= 11 is 0. The molecule has 1 amide bonds. The molecule has 3 aromatic rings. The summed E-state index contributed by atoms with van der Waals surface area (Å²) in [5.74, 6) is 1.48. The van der Waals surface area contributed by atoms with E-state index in [-0.39, 0.29) is 11.8 Å². The number of nitrogens with zero attached hydrogens (tertiary/aromatic N) is 5. The summed E-state index contributed by atoms with van der Waals surface area (Å²) in [6.07, 6.45) is 2.62. The second-order valence-corrected chi connectivity index (χ2v) is 6.02. The largest absolute Gasteiger partial charge is 0.339 e. The molecule has 0 unspecified atom stereocenters. The fraction of sp³-hybridized carbons (Fsp3) is 0.438. The number of nitrogens with one attached hydrogen (secondary N) is 1. The molecule has 2 aromatic heterocycles. The van der Waals surface area contributed by atoms with Gasteiger partial charge in [-0.1, -0.05) is 12.1 Å². The van der Waals surface area contributed by atoms with Crippen molar-refractivity contribution >= 4 is 16.9 Å². The predicted octanol–water partition coefficient (Wildman–Crippen LogP) is 1.92. The van der Waals surface area contributed by atoms with E-state index in [4.69, 9.17) is 4.52 Å². The molecule has 1 saturated heterocycles. The number of piperidine rings is 1. The second-order valence-electron chi connectivity index (χ2n) is 6.02. The number of likely N-dealkylation sites (tertiary alicyclic amines) is 1. The van der Waals surface area contributed by atoms with Crippen LogP contribution in [0.25, 0.3) is 11.0 Å². The fourth-order valence-corrected chi connectivity index (χ4v) is 3.11. The van der Waals surface area contributed by atoms with E-state index in [1.807, 2.05) is 11.8 Å². The van der Waals surface area contributed by atoms with Gasteiger partial charge in [-0.2, -0.15) is 20.4 Å². The highest BCUT2D eigenvalue weighted by Crippen LogP contribution is 2.26. The number of aryl methyl sites for hydroxylation is 1. The molecule has 0 saturated carbocycles. The maximum Gasteiger partial charge on any atom is 0.253 e. The summed E-state index contributed by atoms with van der Waals surface area (Å²) in [4.78, 5) is 19.1. The molecule has 124 valence electrons. The van der Waals surface area contributed by atoms with Gasteiger partial charge >= 0.3 is 0 Å². The Morgan fingerprint density at radius 2 is 2.25 bits per heavy atom. The van der Waals surface area contributed by atoms with Crippen molar-refractivity contribution in [3.05, 3.63) is 35.5 Å². The van der Waals surface area contributed by atoms with Gasteiger partial charge in [-0.05, 0) is 31.0 Å². The van der Waals surface area contributed by atoms with Crippen LogP contribution >= 0.6 is 0 Å². The lowest BCUT2D eigenvalue weighted by Gasteiger charge is -2.31. The number of amides is 1. The number of hydrogen-bond acceptors (Lipinski definition) is 6. The SMILES string of the molecule is CCc1nc([C@@H]2CCCN(C(=O)c3ccc4n[nH]nc4c3)C2)no1. The maximum atomic E-state index is 12.8. The van der Waals surface area contributed by atoms with Gasteiger partial charge in [0.05, 0.1) is 0 Å². The van der Waals surface area contributed by atoms with E-state index in [0.717, 1.165) is 31.3 Å². The number of hydrogen-bond donors (Lipinski definition) is 1. The fourth-order valence-electron chi connectivity index (χ4n) is 3.11. The summed E-state index contributed by atoms with van der Waals surface area (Å²) in [6, 6.07) is 5.37. The zero-order valence-corrected chi connectivity index (χ0v) is 13.4. The summed E-state index contributed by atoms with van der Waals surface area (Å²) < 4.78 is 5.20. The van der Waals surface area contributed by atoms with E-state index >= 15 is 0 Å². The van der Waals surface area contributed by atoms with Crippen LogP contribution in [-0.4, -0.2) is 49.4 Å². The van der Waals surface area contributed by atoms with Crippen molar-refractivity contribution in [3.63, 3.8) is 0 Å². The van der Waals surface area contributed by atoms with Gasteiger partial charge < -0.3 is 9.42 Å². The molecular weight excluding hydrogens is 308 g/mol. The standard InChI is InChI=1S/C16H18N6O2/c1-2-14-17-15(20-24-14)11-4-3-7-22(9-11)16(23)10-5-6-12-13(8-10)19-21-18-12/h5-6,8,11H,2-4,7,9H2,1H3,(H,18,19,21)/t11-/m1/s1. The number of aromatic amines is 1. The summed E-state index contributed by atoms with van der Waals surface area (Å²) in [5.41, 5.74) is 2.07. The first-order valence-electron chi connectivity index (χ1n) is 8.17. The molecule has 8 nitrogen and oxygen atoms in total. The van der Waals surface area contributed by atoms with Gasteiger partial charge in [0, 0.05) is 31.0 Å². The third kappa shape index (κ3) is 2.64. The Labute approximate surface area is 138 Å². The van der Waals surface area contributed by atoms with E-state index in [2.05, 4.69) is 25.6 Å². The van der Waals surface area contributed by atoms with Crippen LogP contribution in [0, 0.1) is 0 Å². The van der Waals surface area contributed by atoms with E-state index in [1.165, 1.54) is 0 Å². The third-order valence-corrected chi connectivity index (χ3v) is 4.42. The van der Waals surface area contributed by atoms with Gasteiger partial charge in [-0.25, -0.2) is 0 Å². The number of carbonyl (C=O) groups excluding carboxylic acids is 1. The number of benzene rings is 1. The highest BCUT2D eigenvalue weighted by Gasteiger charge is 2.28. The van der Waals surface area contributed by atoms with Crippen molar-refractivity contribution in [1.29, 1.82) is 0 Å². The number of aromatic nitrogens is 5. The molecule has 8 heteroatoms. The van der Waals surface area contributed by atoms with Gasteiger partial charge in [0.1, 0.15) is 11.0 Å². The molecule has 0 radical (unpaired) electrons. The van der Waals surface area contributed by atoms with Gasteiger partial charge in [0.15, 0.2) is 5.82 Å². The molecule has 1 atom stereocenters. The van der Waals surface area contributed by atoms with Crippen molar-refractivity contribution in [3.8, 4) is 0 Å². The number of fused-ring (bicyclic) bond motifs is 1. The van der Waals surface area contributed by atoms with Gasteiger partial charge in [0.2, 0.25) is 5.89 Å². The first-order valence-corrected chi connectivity index (χ1v) is 8.17. The molecular formula is C16H18N6O2.